The van der Waals surface area contributed by atoms with Gasteiger partial charge in [-0.2, -0.15) is 0 Å². The van der Waals surface area contributed by atoms with E-state index in [0.717, 1.165) is 5.57 Å². The third kappa shape index (κ3) is 4.98. The van der Waals surface area contributed by atoms with Crippen LogP contribution in [0.15, 0.2) is 42.5 Å². The van der Waals surface area contributed by atoms with Gasteiger partial charge in [-0.25, -0.2) is 22.6 Å². The lowest BCUT2D eigenvalue weighted by atomic mass is 10.0. The molecule has 0 N–H and O–H groups in total. The summed E-state index contributed by atoms with van der Waals surface area (Å²) in [6.45, 7) is -0.509. The van der Waals surface area contributed by atoms with Crippen LogP contribution in [0.4, 0.5) is 4.39 Å². The third-order valence-electron chi connectivity index (χ3n) is 6.94. The number of benzene rings is 2. The van der Waals surface area contributed by atoms with Gasteiger partial charge in [-0.05, 0) is 54.7 Å². The Kier molecular flexibility index (Phi) is 6.76. The number of fused-ring (bicyclic) bond motifs is 2. The number of nitrogens with zero attached hydrogens (tertiary/aromatic N) is 2. The van der Waals surface area contributed by atoms with E-state index >= 15 is 0 Å². The Hall–Kier alpha value is -3.30. The number of carbonyl (C=O) groups is 2. The van der Waals surface area contributed by atoms with Gasteiger partial charge < -0.3 is 9.64 Å². The lowest BCUT2D eigenvalue weighted by Gasteiger charge is -2.23. The summed E-state index contributed by atoms with van der Waals surface area (Å²) in [7, 11) is -1.64. The molecule has 1 aliphatic heterocycles. The van der Waals surface area contributed by atoms with Crippen LogP contribution in [0.1, 0.15) is 40.0 Å². The van der Waals surface area contributed by atoms with E-state index in [1.165, 1.54) is 24.1 Å². The van der Waals surface area contributed by atoms with Gasteiger partial charge in [-0.15, -0.1) is 0 Å². The van der Waals surface area contributed by atoms with E-state index in [1.807, 2.05) is 0 Å². The summed E-state index contributed by atoms with van der Waals surface area (Å²) >= 11 is 6.22. The average molecular weight is 543 g/mol. The molecule has 0 spiro atoms. The van der Waals surface area contributed by atoms with Crippen LogP contribution in [0.2, 0.25) is 5.02 Å². The molecule has 1 amide bonds. The molecular formula is C27H24ClFN2O5S. The van der Waals surface area contributed by atoms with Gasteiger partial charge in [0, 0.05) is 24.0 Å². The molecule has 10 heteroatoms. The van der Waals surface area contributed by atoms with Crippen molar-refractivity contribution in [1.29, 1.82) is 0 Å². The minimum Gasteiger partial charge on any atom is -0.452 e. The van der Waals surface area contributed by atoms with Crippen molar-refractivity contribution in [3.63, 3.8) is 0 Å². The lowest BCUT2D eigenvalue weighted by Crippen LogP contribution is -2.40. The second-order valence-electron chi connectivity index (χ2n) is 9.27. The van der Waals surface area contributed by atoms with E-state index in [1.54, 1.807) is 36.4 Å². The standard InChI is InChI=1S/C27H24ClFN2O5S/c1-31(17-11-12-37(34,35)15-17)24(32)14-36-27(33)25-18-5-2-3-8-23(18)30-26-16(9-10-19(25)26)13-20-21(28)6-4-7-22(20)29/h2-8,13,17H,9-12,14-15H2,1H3/b16-13+. The van der Waals surface area contributed by atoms with E-state index in [0.29, 0.717) is 47.0 Å². The first-order valence-corrected chi connectivity index (χ1v) is 14.0. The van der Waals surface area contributed by atoms with Crippen LogP contribution in [-0.2, 0) is 25.8 Å². The van der Waals surface area contributed by atoms with Crippen molar-refractivity contribution in [2.24, 2.45) is 0 Å². The molecule has 1 fully saturated rings. The van der Waals surface area contributed by atoms with Crippen LogP contribution in [-0.4, -0.2) is 61.4 Å². The number of halogens is 2. The van der Waals surface area contributed by atoms with Crippen molar-refractivity contribution in [1.82, 2.24) is 9.88 Å². The summed E-state index contributed by atoms with van der Waals surface area (Å²) in [6.07, 6.45) is 3.04. The minimum absolute atomic E-state index is 0.0398. The number of allylic oxidation sites excluding steroid dienone is 1. The summed E-state index contributed by atoms with van der Waals surface area (Å²) in [5.41, 5.74) is 3.14. The molecule has 1 unspecified atom stereocenters. The van der Waals surface area contributed by atoms with E-state index in [-0.39, 0.29) is 22.1 Å². The molecule has 2 aromatic carbocycles. The Morgan fingerprint density at radius 3 is 2.70 bits per heavy atom. The second kappa shape index (κ2) is 9.87. The molecular weight excluding hydrogens is 519 g/mol. The summed E-state index contributed by atoms with van der Waals surface area (Å²) in [6, 6.07) is 11.2. The number of sulfone groups is 1. The summed E-state index contributed by atoms with van der Waals surface area (Å²) in [5, 5.41) is 0.873. The number of ether oxygens (including phenoxy) is 1. The molecule has 0 radical (unpaired) electrons. The first kappa shape index (κ1) is 25.4. The Morgan fingerprint density at radius 1 is 1.19 bits per heavy atom. The number of aromatic nitrogens is 1. The molecule has 5 rings (SSSR count). The number of likely N-dealkylation sites (N-methyl/N-ethyl adjacent to an activating group) is 1. The molecule has 1 aromatic heterocycles. The second-order valence-corrected chi connectivity index (χ2v) is 11.9. The van der Waals surface area contributed by atoms with Crippen molar-refractivity contribution in [2.75, 3.05) is 25.2 Å². The van der Waals surface area contributed by atoms with E-state index in [2.05, 4.69) is 0 Å². The first-order valence-electron chi connectivity index (χ1n) is 11.8. The van der Waals surface area contributed by atoms with Crippen LogP contribution in [0, 0.1) is 5.82 Å². The molecule has 2 aliphatic rings. The fraction of sp³-hybridized carbons (Fsp3) is 0.296. The molecule has 1 atom stereocenters. The number of hydrogen-bond acceptors (Lipinski definition) is 6. The van der Waals surface area contributed by atoms with E-state index < -0.39 is 40.2 Å². The molecule has 1 aliphatic carbocycles. The van der Waals surface area contributed by atoms with Crippen molar-refractivity contribution in [3.8, 4) is 0 Å². The molecule has 0 saturated carbocycles. The van der Waals surface area contributed by atoms with E-state index in [9.17, 15) is 22.4 Å². The molecule has 3 aromatic rings. The SMILES string of the molecule is CN(C(=O)COC(=O)c1c2c(nc3ccccc13)/C(=C/c1c(F)cccc1Cl)CC2)C1CCS(=O)(=O)C1. The number of esters is 1. The maximum atomic E-state index is 14.4. The number of pyridine rings is 1. The highest BCUT2D eigenvalue weighted by atomic mass is 35.5. The molecule has 7 nitrogen and oxygen atoms in total. The first-order chi connectivity index (χ1) is 17.6. The Bertz CT molecular complexity index is 1550. The van der Waals surface area contributed by atoms with Gasteiger partial charge in [0.05, 0.1) is 33.3 Å². The molecule has 192 valence electrons. The Morgan fingerprint density at radius 2 is 1.97 bits per heavy atom. The van der Waals surface area contributed by atoms with Gasteiger partial charge in [-0.3, -0.25) is 4.79 Å². The molecule has 37 heavy (non-hydrogen) atoms. The zero-order chi connectivity index (χ0) is 26.3. The predicted molar refractivity (Wildman–Crippen MR) is 139 cm³/mol. The monoisotopic (exact) mass is 542 g/mol. The molecule has 0 bridgehead atoms. The quantitative estimate of drug-likeness (QED) is 0.446. The predicted octanol–water partition coefficient (Wildman–Crippen LogP) is 4.32. The van der Waals surface area contributed by atoms with Gasteiger partial charge in [0.15, 0.2) is 16.4 Å². The van der Waals surface area contributed by atoms with Crippen LogP contribution < -0.4 is 0 Å². The molecule has 1 saturated heterocycles. The zero-order valence-electron chi connectivity index (χ0n) is 20.0. The third-order valence-corrected chi connectivity index (χ3v) is 9.02. The van der Waals surface area contributed by atoms with Crippen LogP contribution in [0.5, 0.6) is 0 Å². The zero-order valence-corrected chi connectivity index (χ0v) is 21.6. The van der Waals surface area contributed by atoms with Gasteiger partial charge in [0.2, 0.25) is 0 Å². The lowest BCUT2D eigenvalue weighted by molar-refractivity contribution is -0.134. The van der Waals surface area contributed by atoms with Crippen molar-refractivity contribution >= 4 is 55.9 Å². The van der Waals surface area contributed by atoms with E-state index in [4.69, 9.17) is 21.3 Å². The number of hydrogen-bond donors (Lipinski definition) is 0. The minimum atomic E-state index is -3.16. The van der Waals surface area contributed by atoms with Gasteiger partial charge in [-0.1, -0.05) is 35.9 Å². The number of carbonyl (C=O) groups excluding carboxylic acids is 2. The summed E-state index contributed by atoms with van der Waals surface area (Å²) < 4.78 is 43.4. The van der Waals surface area contributed by atoms with Gasteiger partial charge >= 0.3 is 5.97 Å². The van der Waals surface area contributed by atoms with Gasteiger partial charge in [0.25, 0.3) is 5.91 Å². The topological polar surface area (TPSA) is 93.6 Å². The normalized spacial score (nSPS) is 19.2. The van der Waals surface area contributed by atoms with Crippen molar-refractivity contribution in [3.05, 3.63) is 75.7 Å². The smallest absolute Gasteiger partial charge is 0.339 e. The van der Waals surface area contributed by atoms with Crippen LogP contribution in [0.3, 0.4) is 0 Å². The Balaban J connectivity index is 1.45. The van der Waals surface area contributed by atoms with Crippen LogP contribution in [0.25, 0.3) is 22.6 Å². The highest BCUT2D eigenvalue weighted by Crippen LogP contribution is 2.38. The highest BCUT2D eigenvalue weighted by molar-refractivity contribution is 7.91. The number of para-hydroxylation sites is 1. The average Bonchev–Trinajstić information content (AvgIpc) is 3.44. The summed E-state index contributed by atoms with van der Waals surface area (Å²) in [5.74, 6) is -1.64. The van der Waals surface area contributed by atoms with Crippen molar-refractivity contribution < 1.29 is 27.1 Å². The largest absolute Gasteiger partial charge is 0.452 e. The maximum absolute atomic E-state index is 14.4. The number of amides is 1. The van der Waals surface area contributed by atoms with Crippen LogP contribution >= 0.6 is 11.6 Å². The van der Waals surface area contributed by atoms with Gasteiger partial charge in [0.1, 0.15) is 5.82 Å². The van der Waals surface area contributed by atoms with Crippen molar-refractivity contribution in [2.45, 2.75) is 25.3 Å². The fourth-order valence-electron chi connectivity index (χ4n) is 4.92. The molecule has 2 heterocycles. The number of rotatable bonds is 5. The fourth-order valence-corrected chi connectivity index (χ4v) is 6.91. The maximum Gasteiger partial charge on any atom is 0.339 e. The summed E-state index contributed by atoms with van der Waals surface area (Å²) in [4.78, 5) is 32.1. The Labute approximate surface area is 218 Å². The highest BCUT2D eigenvalue weighted by Gasteiger charge is 2.33.